The summed E-state index contributed by atoms with van der Waals surface area (Å²) in [5.74, 6) is 0.447. The summed E-state index contributed by atoms with van der Waals surface area (Å²) in [5.41, 5.74) is 9.30. The number of aryl methyl sites for hydroxylation is 1. The van der Waals surface area contributed by atoms with Gasteiger partial charge in [-0.25, -0.2) is 9.38 Å². The van der Waals surface area contributed by atoms with E-state index in [1.165, 1.54) is 11.8 Å². The molecule has 0 aliphatic heterocycles. The van der Waals surface area contributed by atoms with Crippen molar-refractivity contribution in [3.8, 4) is 0 Å². The second-order valence-corrected chi connectivity index (χ2v) is 7.66. The highest BCUT2D eigenvalue weighted by Gasteiger charge is 2.20. The number of fused-ring (bicyclic) bond motifs is 1. The number of nitrogens with two attached hydrogens (primary N) is 1. The Morgan fingerprint density at radius 3 is 2.27 bits per heavy atom. The monoisotopic (exact) mass is 418 g/mol. The van der Waals surface area contributed by atoms with Gasteiger partial charge in [0.2, 0.25) is 11.9 Å². The van der Waals surface area contributed by atoms with Gasteiger partial charge in [-0.2, -0.15) is 0 Å². The molecule has 2 N–H and O–H groups in total. The number of amides is 1. The first-order valence-electron chi connectivity index (χ1n) is 9.73. The molecule has 0 bridgehead atoms. The fourth-order valence-electron chi connectivity index (χ4n) is 3.23. The molecule has 0 aliphatic rings. The lowest BCUT2D eigenvalue weighted by Gasteiger charge is -2.22. The van der Waals surface area contributed by atoms with Crippen LogP contribution in [0.1, 0.15) is 19.0 Å². The Labute approximate surface area is 179 Å². The van der Waals surface area contributed by atoms with Gasteiger partial charge in [0.1, 0.15) is 0 Å². The normalized spacial score (nSPS) is 11.0. The van der Waals surface area contributed by atoms with Crippen LogP contribution >= 0.6 is 11.8 Å². The van der Waals surface area contributed by atoms with Crippen LogP contribution in [0.3, 0.4) is 0 Å². The molecule has 0 aliphatic carbocycles. The molecule has 4 aromatic rings. The molecule has 4 rings (SSSR count). The van der Waals surface area contributed by atoms with E-state index < -0.39 is 0 Å². The lowest BCUT2D eigenvalue weighted by Crippen LogP contribution is -2.27. The van der Waals surface area contributed by atoms with Gasteiger partial charge in [-0.15, -0.1) is 10.2 Å². The molecule has 0 radical (unpaired) electrons. The summed E-state index contributed by atoms with van der Waals surface area (Å²) >= 11 is 1.29. The number of carbonyl (C=O) groups excluding carboxylic acids is 1. The number of aromatic nitrogens is 4. The van der Waals surface area contributed by atoms with Crippen molar-refractivity contribution >= 4 is 40.6 Å². The summed E-state index contributed by atoms with van der Waals surface area (Å²) in [6.07, 6.45) is 1.80. The van der Waals surface area contributed by atoms with E-state index >= 15 is 0 Å². The van der Waals surface area contributed by atoms with E-state index in [0.29, 0.717) is 16.8 Å². The number of thioether (sulfide) groups is 1. The highest BCUT2D eigenvalue weighted by Crippen LogP contribution is 2.27. The molecule has 2 aromatic heterocycles. The Morgan fingerprint density at radius 1 is 1.03 bits per heavy atom. The lowest BCUT2D eigenvalue weighted by molar-refractivity contribution is -0.115. The predicted molar refractivity (Wildman–Crippen MR) is 120 cm³/mol. The quantitative estimate of drug-likeness (QED) is 0.454. The summed E-state index contributed by atoms with van der Waals surface area (Å²) in [4.78, 5) is 19.3. The third kappa shape index (κ3) is 4.13. The van der Waals surface area contributed by atoms with Crippen LogP contribution in [0, 0.1) is 0 Å². The van der Waals surface area contributed by atoms with Gasteiger partial charge in [-0.3, -0.25) is 9.69 Å². The zero-order valence-corrected chi connectivity index (χ0v) is 17.4. The third-order valence-corrected chi connectivity index (χ3v) is 5.46. The molecule has 7 nitrogen and oxygen atoms in total. The van der Waals surface area contributed by atoms with Crippen LogP contribution in [0.25, 0.3) is 5.65 Å². The largest absolute Gasteiger partial charge is 0.369 e. The number of nitrogen functional groups attached to an aromatic ring is 1. The van der Waals surface area contributed by atoms with Crippen LogP contribution in [0.5, 0.6) is 0 Å². The van der Waals surface area contributed by atoms with Gasteiger partial charge in [-0.1, -0.05) is 61.5 Å². The van der Waals surface area contributed by atoms with Crippen LogP contribution in [0.2, 0.25) is 0 Å². The molecule has 1 amide bonds. The van der Waals surface area contributed by atoms with Crippen molar-refractivity contribution in [3.05, 3.63) is 72.4 Å². The topological polar surface area (TPSA) is 89.4 Å². The second-order valence-electron chi connectivity index (χ2n) is 6.72. The molecule has 30 heavy (non-hydrogen) atoms. The zero-order valence-electron chi connectivity index (χ0n) is 16.6. The Hall–Kier alpha value is -3.39. The van der Waals surface area contributed by atoms with E-state index in [0.717, 1.165) is 29.9 Å². The second kappa shape index (κ2) is 8.96. The molecular formula is C22H22N6OS. The Kier molecular flexibility index (Phi) is 5.94. The van der Waals surface area contributed by atoms with Gasteiger partial charge >= 0.3 is 0 Å². The lowest BCUT2D eigenvalue weighted by atomic mass is 10.2. The van der Waals surface area contributed by atoms with Gasteiger partial charge in [0.15, 0.2) is 10.8 Å². The molecule has 0 saturated carbocycles. The van der Waals surface area contributed by atoms with Gasteiger partial charge in [0, 0.05) is 23.1 Å². The number of anilines is 3. The van der Waals surface area contributed by atoms with Crippen molar-refractivity contribution in [2.75, 3.05) is 16.4 Å². The minimum absolute atomic E-state index is 0.0664. The fraction of sp³-hybridized carbons (Fsp3) is 0.182. The maximum atomic E-state index is 13.2. The van der Waals surface area contributed by atoms with Crippen molar-refractivity contribution < 1.29 is 4.79 Å². The summed E-state index contributed by atoms with van der Waals surface area (Å²) in [6.45, 7) is 2.09. The van der Waals surface area contributed by atoms with E-state index in [-0.39, 0.29) is 11.7 Å². The summed E-state index contributed by atoms with van der Waals surface area (Å²) in [7, 11) is 0. The minimum Gasteiger partial charge on any atom is -0.369 e. The van der Waals surface area contributed by atoms with E-state index in [2.05, 4.69) is 22.1 Å². The summed E-state index contributed by atoms with van der Waals surface area (Å²) < 4.78 is 1.69. The molecule has 152 valence electrons. The van der Waals surface area contributed by atoms with E-state index in [9.17, 15) is 4.79 Å². The molecule has 2 heterocycles. The highest BCUT2D eigenvalue weighted by molar-refractivity contribution is 7.99. The highest BCUT2D eigenvalue weighted by atomic mass is 32.2. The van der Waals surface area contributed by atoms with Crippen LogP contribution in [0.4, 0.5) is 17.3 Å². The van der Waals surface area contributed by atoms with Crippen molar-refractivity contribution in [2.45, 2.75) is 24.9 Å². The third-order valence-electron chi connectivity index (χ3n) is 4.55. The molecule has 0 saturated heterocycles. The Morgan fingerprint density at radius 2 is 1.67 bits per heavy atom. The molecule has 0 unspecified atom stereocenters. The predicted octanol–water partition coefficient (Wildman–Crippen LogP) is 4.12. The molecule has 0 atom stereocenters. The summed E-state index contributed by atoms with van der Waals surface area (Å²) in [6, 6.07) is 21.1. The average Bonchev–Trinajstić information content (AvgIpc) is 3.18. The number of benzene rings is 2. The maximum absolute atomic E-state index is 13.2. The van der Waals surface area contributed by atoms with Crippen molar-refractivity contribution in [1.82, 2.24) is 19.6 Å². The molecule has 2 aromatic carbocycles. The first-order valence-corrected chi connectivity index (χ1v) is 10.7. The van der Waals surface area contributed by atoms with Gasteiger partial charge < -0.3 is 5.73 Å². The fourth-order valence-corrected chi connectivity index (χ4v) is 4.02. The number of carbonyl (C=O) groups is 1. The smallest absolute Gasteiger partial charge is 0.242 e. The molecule has 8 heteroatoms. The van der Waals surface area contributed by atoms with E-state index in [1.807, 2.05) is 66.7 Å². The zero-order chi connectivity index (χ0) is 20.9. The van der Waals surface area contributed by atoms with Crippen LogP contribution in [-0.4, -0.2) is 31.2 Å². The minimum atomic E-state index is -0.0664. The van der Waals surface area contributed by atoms with Gasteiger partial charge in [0.05, 0.1) is 5.75 Å². The van der Waals surface area contributed by atoms with Crippen molar-refractivity contribution in [3.63, 3.8) is 0 Å². The van der Waals surface area contributed by atoms with Gasteiger partial charge in [-0.05, 0) is 30.7 Å². The van der Waals surface area contributed by atoms with Crippen molar-refractivity contribution in [1.29, 1.82) is 0 Å². The number of nitrogens with zero attached hydrogens (tertiary/aromatic N) is 5. The summed E-state index contributed by atoms with van der Waals surface area (Å²) in [5, 5.41) is 8.98. The van der Waals surface area contributed by atoms with E-state index in [1.54, 1.807) is 9.30 Å². The van der Waals surface area contributed by atoms with Gasteiger partial charge in [0.25, 0.3) is 0 Å². The Balaban J connectivity index is 1.58. The number of hydrogen-bond donors (Lipinski definition) is 1. The number of para-hydroxylation sites is 2. The first-order chi connectivity index (χ1) is 14.7. The first kappa shape index (κ1) is 19.9. The van der Waals surface area contributed by atoms with Crippen LogP contribution < -0.4 is 10.6 Å². The average molecular weight is 419 g/mol. The van der Waals surface area contributed by atoms with Crippen LogP contribution in [0.15, 0.2) is 71.9 Å². The number of rotatable bonds is 7. The Bertz CT molecular complexity index is 1110. The molecular weight excluding hydrogens is 396 g/mol. The maximum Gasteiger partial charge on any atom is 0.242 e. The van der Waals surface area contributed by atoms with Crippen molar-refractivity contribution in [2.24, 2.45) is 0 Å². The number of hydrogen-bond acceptors (Lipinski definition) is 6. The molecule has 0 spiro atoms. The SMILES string of the molecule is CCCc1cc2nnc(SCC(=O)N(c3ccccc3)c3ccccc3)n2c(N)n1. The van der Waals surface area contributed by atoms with Crippen LogP contribution in [-0.2, 0) is 11.2 Å². The molecule has 0 fully saturated rings. The van der Waals surface area contributed by atoms with E-state index in [4.69, 9.17) is 5.73 Å². The standard InChI is InChI=1S/C22H22N6OS/c1-2-9-16-14-19-25-26-22(28(19)21(23)24-16)30-15-20(29)27(17-10-5-3-6-11-17)18-12-7-4-8-13-18/h3-8,10-14H,2,9,15H2,1H3,(H2,23,24).